The molecule has 3 rings (SSSR count). The second kappa shape index (κ2) is 8.72. The van der Waals surface area contributed by atoms with Gasteiger partial charge in [0, 0.05) is 12.3 Å². The lowest BCUT2D eigenvalue weighted by Gasteiger charge is -2.12. The van der Waals surface area contributed by atoms with E-state index in [1.807, 2.05) is 56.3 Å². The van der Waals surface area contributed by atoms with Gasteiger partial charge in [0.15, 0.2) is 6.61 Å². The highest BCUT2D eigenvalue weighted by Gasteiger charge is 2.15. The van der Waals surface area contributed by atoms with Crippen LogP contribution in [0.3, 0.4) is 0 Å². The van der Waals surface area contributed by atoms with Crippen LogP contribution >= 0.6 is 0 Å². The smallest absolute Gasteiger partial charge is 0.262 e. The van der Waals surface area contributed by atoms with E-state index in [9.17, 15) is 4.79 Å². The summed E-state index contributed by atoms with van der Waals surface area (Å²) in [4.78, 5) is 12.0. The van der Waals surface area contributed by atoms with E-state index in [0.717, 1.165) is 30.8 Å². The van der Waals surface area contributed by atoms with E-state index in [0.29, 0.717) is 18.0 Å². The van der Waals surface area contributed by atoms with E-state index < -0.39 is 0 Å². The minimum absolute atomic E-state index is 0.0280. The SMILES string of the molecule is Cc1ccc(OCC(=O)Nc2ccc(OC[C@H]3CCCO3)cc2)cc1C. The molecule has 0 saturated carbocycles. The largest absolute Gasteiger partial charge is 0.491 e. The summed E-state index contributed by atoms with van der Waals surface area (Å²) < 4.78 is 16.8. The molecule has 1 N–H and O–H groups in total. The van der Waals surface area contributed by atoms with Crippen molar-refractivity contribution in [3.05, 3.63) is 53.6 Å². The lowest BCUT2D eigenvalue weighted by atomic mass is 10.1. The van der Waals surface area contributed by atoms with Crippen LogP contribution in [-0.2, 0) is 9.53 Å². The van der Waals surface area contributed by atoms with Gasteiger partial charge in [-0.15, -0.1) is 0 Å². The quantitative estimate of drug-likeness (QED) is 0.819. The van der Waals surface area contributed by atoms with Crippen molar-refractivity contribution in [2.45, 2.75) is 32.8 Å². The zero-order valence-electron chi connectivity index (χ0n) is 15.3. The molecule has 2 aromatic rings. The van der Waals surface area contributed by atoms with Crippen LogP contribution in [0, 0.1) is 13.8 Å². The molecule has 0 radical (unpaired) electrons. The summed E-state index contributed by atoms with van der Waals surface area (Å²) in [7, 11) is 0. The van der Waals surface area contributed by atoms with Crippen molar-refractivity contribution >= 4 is 11.6 Å². The van der Waals surface area contributed by atoms with Crippen molar-refractivity contribution in [1.82, 2.24) is 0 Å². The van der Waals surface area contributed by atoms with Gasteiger partial charge in [-0.25, -0.2) is 0 Å². The highest BCUT2D eigenvalue weighted by molar-refractivity contribution is 5.91. The van der Waals surface area contributed by atoms with Gasteiger partial charge < -0.3 is 19.5 Å². The molecule has 5 heteroatoms. The fourth-order valence-corrected chi connectivity index (χ4v) is 2.75. The van der Waals surface area contributed by atoms with E-state index >= 15 is 0 Å². The number of benzene rings is 2. The molecule has 0 aliphatic carbocycles. The molecule has 1 fully saturated rings. The predicted molar refractivity (Wildman–Crippen MR) is 101 cm³/mol. The number of rotatable bonds is 7. The number of amides is 1. The van der Waals surface area contributed by atoms with Crippen molar-refractivity contribution in [2.75, 3.05) is 25.1 Å². The molecular formula is C21H25NO4. The number of anilines is 1. The van der Waals surface area contributed by atoms with Gasteiger partial charge in [-0.1, -0.05) is 6.07 Å². The maximum Gasteiger partial charge on any atom is 0.262 e. The molecule has 1 aliphatic heterocycles. The summed E-state index contributed by atoms with van der Waals surface area (Å²) >= 11 is 0. The molecule has 0 bridgehead atoms. The van der Waals surface area contributed by atoms with E-state index in [2.05, 4.69) is 5.32 Å². The van der Waals surface area contributed by atoms with Crippen LogP contribution in [0.25, 0.3) is 0 Å². The van der Waals surface area contributed by atoms with Gasteiger partial charge in [0.05, 0.1) is 6.10 Å². The molecule has 26 heavy (non-hydrogen) atoms. The third kappa shape index (κ3) is 5.23. The Kier molecular flexibility index (Phi) is 6.12. The average molecular weight is 355 g/mol. The summed E-state index contributed by atoms with van der Waals surface area (Å²) in [6, 6.07) is 13.1. The monoisotopic (exact) mass is 355 g/mol. The first-order valence-corrected chi connectivity index (χ1v) is 8.94. The number of carbonyl (C=O) groups excluding carboxylic acids is 1. The van der Waals surface area contributed by atoms with Crippen LogP contribution in [-0.4, -0.2) is 31.8 Å². The number of nitrogens with one attached hydrogen (secondary N) is 1. The molecule has 1 atom stereocenters. The second-order valence-corrected chi connectivity index (χ2v) is 6.55. The zero-order chi connectivity index (χ0) is 18.4. The summed E-state index contributed by atoms with van der Waals surface area (Å²) in [5.41, 5.74) is 3.05. The summed E-state index contributed by atoms with van der Waals surface area (Å²) in [5, 5.41) is 2.82. The number of ether oxygens (including phenoxy) is 3. The Hall–Kier alpha value is -2.53. The minimum Gasteiger partial charge on any atom is -0.491 e. The van der Waals surface area contributed by atoms with E-state index in [1.165, 1.54) is 5.56 Å². The lowest BCUT2D eigenvalue weighted by Crippen LogP contribution is -2.20. The molecule has 2 aromatic carbocycles. The standard InChI is InChI=1S/C21H25NO4/c1-15-5-8-19(12-16(15)2)26-14-21(23)22-17-6-9-18(10-7-17)25-13-20-4-3-11-24-20/h5-10,12,20H,3-4,11,13-14H2,1-2H3,(H,22,23)/t20-/m1/s1. The Morgan fingerprint density at radius 3 is 2.54 bits per heavy atom. The fraction of sp³-hybridized carbons (Fsp3) is 0.381. The van der Waals surface area contributed by atoms with Crippen molar-refractivity contribution in [2.24, 2.45) is 0 Å². The highest BCUT2D eigenvalue weighted by atomic mass is 16.5. The third-order valence-electron chi connectivity index (χ3n) is 4.45. The summed E-state index contributed by atoms with van der Waals surface area (Å²) in [6.07, 6.45) is 2.34. The van der Waals surface area contributed by atoms with Crippen molar-refractivity contribution in [1.29, 1.82) is 0 Å². The molecular weight excluding hydrogens is 330 g/mol. The van der Waals surface area contributed by atoms with Crippen LogP contribution < -0.4 is 14.8 Å². The third-order valence-corrected chi connectivity index (χ3v) is 4.45. The highest BCUT2D eigenvalue weighted by Crippen LogP contribution is 2.19. The van der Waals surface area contributed by atoms with Crippen molar-refractivity contribution in [3.8, 4) is 11.5 Å². The molecule has 1 aliphatic rings. The second-order valence-electron chi connectivity index (χ2n) is 6.55. The van der Waals surface area contributed by atoms with Crippen LogP contribution in [0.15, 0.2) is 42.5 Å². The fourth-order valence-electron chi connectivity index (χ4n) is 2.75. The first-order valence-electron chi connectivity index (χ1n) is 8.94. The molecule has 0 spiro atoms. The first kappa shape index (κ1) is 18.3. The normalized spacial score (nSPS) is 16.3. The zero-order valence-corrected chi connectivity index (χ0v) is 15.3. The summed E-state index contributed by atoms with van der Waals surface area (Å²) in [6.45, 7) is 5.42. The Morgan fingerprint density at radius 1 is 1.08 bits per heavy atom. The molecule has 1 heterocycles. The van der Waals surface area contributed by atoms with Crippen molar-refractivity contribution in [3.63, 3.8) is 0 Å². The van der Waals surface area contributed by atoms with Gasteiger partial charge in [-0.2, -0.15) is 0 Å². The van der Waals surface area contributed by atoms with Crippen LogP contribution in [0.2, 0.25) is 0 Å². The van der Waals surface area contributed by atoms with E-state index in [-0.39, 0.29) is 18.6 Å². The van der Waals surface area contributed by atoms with Crippen LogP contribution in [0.4, 0.5) is 5.69 Å². The molecule has 138 valence electrons. The Balaban J connectivity index is 1.44. The number of aryl methyl sites for hydroxylation is 2. The number of hydrogen-bond acceptors (Lipinski definition) is 4. The van der Waals surface area contributed by atoms with Gasteiger partial charge in [-0.05, 0) is 74.2 Å². The Morgan fingerprint density at radius 2 is 1.85 bits per heavy atom. The molecule has 1 amide bonds. The average Bonchev–Trinajstić information content (AvgIpc) is 3.16. The van der Waals surface area contributed by atoms with Gasteiger partial charge in [0.25, 0.3) is 5.91 Å². The van der Waals surface area contributed by atoms with Gasteiger partial charge in [-0.3, -0.25) is 4.79 Å². The van der Waals surface area contributed by atoms with Crippen LogP contribution in [0.1, 0.15) is 24.0 Å². The molecule has 0 unspecified atom stereocenters. The van der Waals surface area contributed by atoms with Gasteiger partial charge in [0.1, 0.15) is 18.1 Å². The lowest BCUT2D eigenvalue weighted by molar-refractivity contribution is -0.118. The predicted octanol–water partition coefficient (Wildman–Crippen LogP) is 3.88. The Bertz CT molecular complexity index is 736. The van der Waals surface area contributed by atoms with E-state index in [4.69, 9.17) is 14.2 Å². The maximum atomic E-state index is 12.0. The molecule has 5 nitrogen and oxygen atoms in total. The Labute approximate surface area is 154 Å². The van der Waals surface area contributed by atoms with Gasteiger partial charge in [0.2, 0.25) is 0 Å². The molecule has 0 aromatic heterocycles. The first-order chi connectivity index (χ1) is 12.6. The summed E-state index contributed by atoms with van der Waals surface area (Å²) in [5.74, 6) is 1.27. The topological polar surface area (TPSA) is 56.8 Å². The molecule has 1 saturated heterocycles. The minimum atomic E-state index is -0.198. The van der Waals surface area contributed by atoms with Crippen LogP contribution in [0.5, 0.6) is 11.5 Å². The number of carbonyl (C=O) groups is 1. The van der Waals surface area contributed by atoms with Gasteiger partial charge >= 0.3 is 0 Å². The maximum absolute atomic E-state index is 12.0. The number of hydrogen-bond donors (Lipinski definition) is 1. The van der Waals surface area contributed by atoms with Crippen molar-refractivity contribution < 1.29 is 19.0 Å². The van der Waals surface area contributed by atoms with E-state index in [1.54, 1.807) is 0 Å².